The molecule has 1 saturated carbocycles. The second kappa shape index (κ2) is 12.4. The van der Waals surface area contributed by atoms with Gasteiger partial charge in [-0.3, -0.25) is 0 Å². The fourth-order valence-corrected chi connectivity index (χ4v) is 5.54. The lowest BCUT2D eigenvalue weighted by atomic mass is 9.82. The number of methoxy groups -OCH3 is 1. The van der Waals surface area contributed by atoms with Crippen LogP contribution in [-0.4, -0.2) is 38.8 Å². The lowest BCUT2D eigenvalue weighted by molar-refractivity contribution is -0.00424. The first-order chi connectivity index (χ1) is 21.7. The Morgan fingerprint density at radius 3 is 2.53 bits per heavy atom. The van der Waals surface area contributed by atoms with Gasteiger partial charge in [0.2, 0.25) is 5.88 Å². The van der Waals surface area contributed by atoms with E-state index in [1.165, 1.54) is 30.3 Å². The molecular weight excluding hydrogens is 585 g/mol. The Bertz CT molecular complexity index is 1960. The molecule has 2 heterocycles. The zero-order chi connectivity index (χ0) is 31.7. The van der Waals surface area contributed by atoms with Crippen LogP contribution in [0.5, 0.6) is 5.88 Å². The number of pyridine rings is 1. The first-order valence-electron chi connectivity index (χ1n) is 14.2. The van der Waals surface area contributed by atoms with Crippen LogP contribution < -0.4 is 4.74 Å². The number of benzene rings is 3. The number of hydrogen-bond acceptors (Lipinski definition) is 6. The molecule has 0 unspecified atom stereocenters. The van der Waals surface area contributed by atoms with E-state index in [4.69, 9.17) is 14.7 Å². The molecule has 2 aromatic heterocycles. The van der Waals surface area contributed by atoms with Crippen LogP contribution in [0.3, 0.4) is 0 Å². The highest BCUT2D eigenvalue weighted by molar-refractivity contribution is 5.92. The van der Waals surface area contributed by atoms with Gasteiger partial charge in [-0.1, -0.05) is 12.1 Å². The number of nitrogens with zero attached hydrogens (tertiary/aromatic N) is 4. The number of carboxylic acid groups (broad SMARTS) is 1. The molecule has 1 aliphatic rings. The van der Waals surface area contributed by atoms with Crippen molar-refractivity contribution in [3.8, 4) is 23.2 Å². The molecule has 0 amide bonds. The topological polar surface area (TPSA) is 110 Å². The number of carbonyl (C=O) groups is 1. The van der Waals surface area contributed by atoms with Crippen LogP contribution in [0.4, 0.5) is 13.2 Å². The number of aromatic carboxylic acids is 1. The minimum Gasteiger partial charge on any atom is -0.478 e. The van der Waals surface area contributed by atoms with E-state index in [2.05, 4.69) is 9.97 Å². The lowest BCUT2D eigenvalue weighted by Gasteiger charge is -2.34. The summed E-state index contributed by atoms with van der Waals surface area (Å²) in [5.41, 5.74) is 1.82. The van der Waals surface area contributed by atoms with Gasteiger partial charge < -0.3 is 19.1 Å². The Morgan fingerprint density at radius 2 is 1.80 bits per heavy atom. The molecule has 11 heteroatoms. The monoisotopic (exact) mass is 612 g/mol. The van der Waals surface area contributed by atoms with E-state index in [0.29, 0.717) is 23.4 Å². The highest BCUT2D eigenvalue weighted by Gasteiger charge is 2.30. The molecule has 228 valence electrons. The number of ether oxygens (including phenoxy) is 2. The Hall–Kier alpha value is -5.21. The van der Waals surface area contributed by atoms with Crippen molar-refractivity contribution < 1.29 is 32.5 Å². The largest absolute Gasteiger partial charge is 0.478 e. The Labute approximate surface area is 256 Å². The summed E-state index contributed by atoms with van der Waals surface area (Å²) in [7, 11) is 1.66. The number of hydrogen-bond donors (Lipinski definition) is 1. The zero-order valence-corrected chi connectivity index (χ0v) is 24.1. The molecule has 0 saturated heterocycles. The van der Waals surface area contributed by atoms with E-state index in [1.807, 2.05) is 10.6 Å². The number of halogens is 3. The summed E-state index contributed by atoms with van der Waals surface area (Å²) < 4.78 is 58.2. The summed E-state index contributed by atoms with van der Waals surface area (Å²) in [5.74, 6) is -2.18. The van der Waals surface area contributed by atoms with Gasteiger partial charge in [0.1, 0.15) is 29.9 Å². The quantitative estimate of drug-likeness (QED) is 0.187. The number of nitriles is 1. The lowest BCUT2D eigenvalue weighted by Crippen LogP contribution is -2.33. The first kappa shape index (κ1) is 29.8. The molecule has 45 heavy (non-hydrogen) atoms. The summed E-state index contributed by atoms with van der Waals surface area (Å²) in [6.07, 6.45) is 1.82. The fourth-order valence-electron chi connectivity index (χ4n) is 5.54. The third-order valence-electron chi connectivity index (χ3n) is 8.08. The summed E-state index contributed by atoms with van der Waals surface area (Å²) in [5, 5.41) is 18.4. The second-order valence-corrected chi connectivity index (χ2v) is 11.0. The minimum atomic E-state index is -1.07. The standard InChI is InChI=1S/C34H27F3N4O4/c1-44-24-9-20(10-24)17-41-31-13-21(34(42)43)7-8-30(31)39-32(41)14-23-12-28(37)25(15-27(23)36)29-3-2-4-33(40-29)45-18-22-6-5-19(16-38)11-26(22)35/h2-8,11-13,15,20,24H,9-10,14,17-18H2,1H3,(H,42,43)/t20-,24+. The zero-order valence-electron chi connectivity index (χ0n) is 24.1. The van der Waals surface area contributed by atoms with Crippen molar-refractivity contribution in [1.29, 1.82) is 5.26 Å². The number of fused-ring (bicyclic) bond motifs is 1. The Balaban J connectivity index is 1.25. The van der Waals surface area contributed by atoms with Crippen molar-refractivity contribution >= 4 is 17.0 Å². The predicted molar refractivity (Wildman–Crippen MR) is 158 cm³/mol. The number of carboxylic acids is 1. The average Bonchev–Trinajstić information content (AvgIpc) is 3.35. The molecule has 0 radical (unpaired) electrons. The third-order valence-corrected chi connectivity index (χ3v) is 8.08. The van der Waals surface area contributed by atoms with Gasteiger partial charge in [-0.25, -0.2) is 27.9 Å². The van der Waals surface area contributed by atoms with Crippen molar-refractivity contribution in [2.24, 2.45) is 5.92 Å². The van der Waals surface area contributed by atoms with Crippen molar-refractivity contribution in [3.05, 3.63) is 112 Å². The van der Waals surface area contributed by atoms with Crippen LogP contribution in [0, 0.1) is 34.7 Å². The van der Waals surface area contributed by atoms with Gasteiger partial charge in [-0.2, -0.15) is 5.26 Å². The molecule has 1 N–H and O–H groups in total. The maximum absolute atomic E-state index is 15.6. The molecule has 0 bridgehead atoms. The number of aromatic nitrogens is 3. The van der Waals surface area contributed by atoms with Gasteiger partial charge in [-0.05, 0) is 72.9 Å². The second-order valence-electron chi connectivity index (χ2n) is 11.0. The maximum atomic E-state index is 15.6. The number of imidazole rings is 1. The normalized spacial score (nSPS) is 15.9. The van der Waals surface area contributed by atoms with Gasteiger partial charge in [0.15, 0.2) is 0 Å². The van der Waals surface area contributed by atoms with Crippen LogP contribution >= 0.6 is 0 Å². The molecular formula is C34H27F3N4O4. The van der Waals surface area contributed by atoms with E-state index in [1.54, 1.807) is 25.3 Å². The maximum Gasteiger partial charge on any atom is 0.335 e. The summed E-state index contributed by atoms with van der Waals surface area (Å²) in [4.78, 5) is 20.6. The SMILES string of the molecule is CO[C@H]1C[C@@H](Cn2c(Cc3cc(F)c(-c4cccc(OCc5ccc(C#N)cc5F)n4)cc3F)nc3ccc(C(=O)O)cc32)C1. The fraction of sp³-hybridized carbons (Fsp3) is 0.235. The van der Waals surface area contributed by atoms with Gasteiger partial charge in [0.25, 0.3) is 0 Å². The van der Waals surface area contributed by atoms with E-state index in [9.17, 15) is 14.3 Å². The van der Waals surface area contributed by atoms with Crippen LogP contribution in [0.2, 0.25) is 0 Å². The molecule has 3 aromatic carbocycles. The predicted octanol–water partition coefficient (Wildman–Crippen LogP) is 6.68. The molecule has 0 aliphatic heterocycles. The van der Waals surface area contributed by atoms with Gasteiger partial charge in [0, 0.05) is 37.3 Å². The van der Waals surface area contributed by atoms with E-state index in [-0.39, 0.29) is 64.4 Å². The van der Waals surface area contributed by atoms with E-state index >= 15 is 8.78 Å². The molecule has 1 fully saturated rings. The molecule has 5 aromatic rings. The first-order valence-corrected chi connectivity index (χ1v) is 14.2. The highest BCUT2D eigenvalue weighted by Crippen LogP contribution is 2.34. The van der Waals surface area contributed by atoms with Gasteiger partial charge in [-0.15, -0.1) is 0 Å². The minimum absolute atomic E-state index is 0.0206. The number of rotatable bonds is 10. The molecule has 8 nitrogen and oxygen atoms in total. The van der Waals surface area contributed by atoms with E-state index in [0.717, 1.165) is 31.0 Å². The van der Waals surface area contributed by atoms with Crippen molar-refractivity contribution in [1.82, 2.24) is 14.5 Å². The molecule has 0 spiro atoms. The van der Waals surface area contributed by atoms with Crippen LogP contribution in [-0.2, 0) is 24.3 Å². The molecule has 1 aliphatic carbocycles. The average molecular weight is 613 g/mol. The highest BCUT2D eigenvalue weighted by atomic mass is 19.1. The van der Waals surface area contributed by atoms with Crippen molar-refractivity contribution in [2.75, 3.05) is 7.11 Å². The third kappa shape index (κ3) is 6.23. The Kier molecular flexibility index (Phi) is 8.24. The summed E-state index contributed by atoms with van der Waals surface area (Å²) >= 11 is 0. The van der Waals surface area contributed by atoms with Crippen LogP contribution in [0.25, 0.3) is 22.3 Å². The summed E-state index contributed by atoms with van der Waals surface area (Å²) in [6, 6.07) is 17.3. The summed E-state index contributed by atoms with van der Waals surface area (Å²) in [6.45, 7) is 0.367. The van der Waals surface area contributed by atoms with Crippen LogP contribution in [0.1, 0.15) is 45.7 Å². The van der Waals surface area contributed by atoms with Crippen molar-refractivity contribution in [3.63, 3.8) is 0 Å². The Morgan fingerprint density at radius 1 is 1.00 bits per heavy atom. The molecule has 0 atom stereocenters. The van der Waals surface area contributed by atoms with Gasteiger partial charge in [0.05, 0.1) is 40.0 Å². The van der Waals surface area contributed by atoms with Crippen LogP contribution in [0.15, 0.2) is 66.7 Å². The van der Waals surface area contributed by atoms with Crippen molar-refractivity contribution in [2.45, 2.75) is 38.5 Å². The smallest absolute Gasteiger partial charge is 0.335 e. The molecule has 6 rings (SSSR count). The van der Waals surface area contributed by atoms with E-state index < -0.39 is 23.4 Å². The van der Waals surface area contributed by atoms with Gasteiger partial charge >= 0.3 is 5.97 Å².